The van der Waals surface area contributed by atoms with Gasteiger partial charge < -0.3 is 0 Å². The van der Waals surface area contributed by atoms with Crippen molar-refractivity contribution in [1.29, 1.82) is 0 Å². The molecular weight excluding hydrogens is 250 g/mol. The summed E-state index contributed by atoms with van der Waals surface area (Å²) >= 11 is 0. The molecule has 1 heterocycles. The first-order chi connectivity index (χ1) is 8.53. The first-order valence-corrected chi connectivity index (χ1v) is 8.39. The normalized spacial score (nSPS) is 20.9. The van der Waals surface area contributed by atoms with Gasteiger partial charge in [-0.3, -0.25) is 0 Å². The van der Waals surface area contributed by atoms with Crippen molar-refractivity contribution < 1.29 is 13.2 Å². The summed E-state index contributed by atoms with van der Waals surface area (Å²) < 4.78 is 26.2. The Bertz CT molecular complexity index is 554. The molecule has 0 aliphatic carbocycles. The maximum absolute atomic E-state index is 15.2. The molecule has 0 N–H and O–H groups in total. The number of hydrogen-bond acceptors (Lipinski definition) is 2. The maximum atomic E-state index is 15.2. The molecule has 18 heavy (non-hydrogen) atoms. The second-order valence-corrected chi connectivity index (χ2v) is 8.28. The van der Waals surface area contributed by atoms with Gasteiger partial charge in [-0.1, -0.05) is 0 Å². The van der Waals surface area contributed by atoms with Gasteiger partial charge in [-0.2, -0.15) is 0 Å². The van der Waals surface area contributed by atoms with Crippen molar-refractivity contribution >= 4 is 7.37 Å². The minimum absolute atomic E-state index is 0.168. The summed E-state index contributed by atoms with van der Waals surface area (Å²) in [5, 5.41) is 0. The Morgan fingerprint density at radius 1 is 0.889 bits per heavy atom. The third kappa shape index (κ3) is 2.06. The van der Waals surface area contributed by atoms with Crippen LogP contribution in [0.2, 0.25) is 0 Å². The summed E-state index contributed by atoms with van der Waals surface area (Å²) in [7, 11) is -4.11. The third-order valence-corrected chi connectivity index (χ3v) is 5.24. The predicted molar refractivity (Wildman–Crippen MR) is 71.8 cm³/mol. The molecule has 0 aromatic heterocycles. The van der Waals surface area contributed by atoms with Crippen LogP contribution in [0.4, 0.5) is 4.20 Å². The average Bonchev–Trinajstić information content (AvgIpc) is 2.60. The van der Waals surface area contributed by atoms with Gasteiger partial charge in [0.15, 0.2) is 0 Å². The quantitative estimate of drug-likeness (QED) is 0.740. The second-order valence-electron chi connectivity index (χ2n) is 4.71. The van der Waals surface area contributed by atoms with E-state index in [1.54, 1.807) is 12.1 Å². The van der Waals surface area contributed by atoms with E-state index in [1.165, 1.54) is 6.66 Å². The van der Waals surface area contributed by atoms with Gasteiger partial charge in [-0.05, 0) is 0 Å². The summed E-state index contributed by atoms with van der Waals surface area (Å²) in [6, 6.07) is 16.5. The van der Waals surface area contributed by atoms with Crippen molar-refractivity contribution in [3.63, 3.8) is 0 Å². The molecule has 2 aromatic rings. The molecule has 0 bridgehead atoms. The van der Waals surface area contributed by atoms with Crippen LogP contribution in [0.1, 0.15) is 5.56 Å². The fraction of sp³-hybridized carbons (Fsp3) is 0.143. The standard InChI is InChI=1S/C14H14FO2P/c1-18(15,11-12-7-3-2-4-8-12)16-13-9-5-6-10-14(13)17-18/h2-10H,11H2,1H3. The molecule has 0 saturated heterocycles. The number of para-hydroxylation sites is 2. The van der Waals surface area contributed by atoms with E-state index in [9.17, 15) is 0 Å². The second kappa shape index (κ2) is 3.69. The molecule has 0 saturated carbocycles. The van der Waals surface area contributed by atoms with Crippen LogP contribution < -0.4 is 9.05 Å². The van der Waals surface area contributed by atoms with Crippen LogP contribution in [0.5, 0.6) is 11.5 Å². The molecule has 94 valence electrons. The van der Waals surface area contributed by atoms with Crippen LogP contribution in [0, 0.1) is 0 Å². The summed E-state index contributed by atoms with van der Waals surface area (Å²) in [6.07, 6.45) is 0.168. The molecule has 0 unspecified atom stereocenters. The van der Waals surface area contributed by atoms with Crippen molar-refractivity contribution in [2.45, 2.75) is 6.16 Å². The topological polar surface area (TPSA) is 18.5 Å². The van der Waals surface area contributed by atoms with Crippen LogP contribution in [0.15, 0.2) is 54.6 Å². The van der Waals surface area contributed by atoms with E-state index < -0.39 is 7.37 Å². The molecular formula is C14H14FO2P. The summed E-state index contributed by atoms with van der Waals surface area (Å²) in [4.78, 5) is 0. The van der Waals surface area contributed by atoms with Crippen LogP contribution in [-0.4, -0.2) is 6.66 Å². The first-order valence-electron chi connectivity index (χ1n) is 5.80. The molecule has 0 fully saturated rings. The van der Waals surface area contributed by atoms with Gasteiger partial charge in [0.25, 0.3) is 0 Å². The van der Waals surface area contributed by atoms with Crippen LogP contribution in [0.3, 0.4) is 0 Å². The van der Waals surface area contributed by atoms with E-state index in [2.05, 4.69) is 0 Å². The van der Waals surface area contributed by atoms with E-state index in [0.29, 0.717) is 11.5 Å². The summed E-state index contributed by atoms with van der Waals surface area (Å²) in [5.41, 5.74) is 0.882. The van der Waals surface area contributed by atoms with Gasteiger partial charge >= 0.3 is 105 Å². The molecule has 0 atom stereocenters. The van der Waals surface area contributed by atoms with Crippen LogP contribution >= 0.6 is 7.37 Å². The van der Waals surface area contributed by atoms with Crippen molar-refractivity contribution in [1.82, 2.24) is 0 Å². The summed E-state index contributed by atoms with van der Waals surface area (Å²) in [5.74, 6) is 0.993. The number of fused-ring (bicyclic) bond motifs is 1. The molecule has 1 aliphatic rings. The minimum atomic E-state index is -4.11. The zero-order chi connectivity index (χ0) is 12.7. The number of hydrogen-bond donors (Lipinski definition) is 0. The molecule has 1 aliphatic heterocycles. The van der Waals surface area contributed by atoms with Crippen LogP contribution in [0.25, 0.3) is 0 Å². The molecule has 0 radical (unpaired) electrons. The van der Waals surface area contributed by atoms with Gasteiger partial charge in [0.05, 0.1) is 0 Å². The van der Waals surface area contributed by atoms with E-state index in [-0.39, 0.29) is 6.16 Å². The Balaban J connectivity index is 1.92. The van der Waals surface area contributed by atoms with Gasteiger partial charge in [0.2, 0.25) is 0 Å². The Labute approximate surface area is 106 Å². The SMILES string of the molecule is CP1(F)(Cc2ccccc2)Oc2ccccc2O1. The molecule has 0 spiro atoms. The molecule has 3 rings (SSSR count). The van der Waals surface area contributed by atoms with Crippen molar-refractivity contribution in [2.24, 2.45) is 0 Å². The van der Waals surface area contributed by atoms with Gasteiger partial charge in [-0.15, -0.1) is 0 Å². The Morgan fingerprint density at radius 3 is 1.94 bits per heavy atom. The zero-order valence-corrected chi connectivity index (χ0v) is 10.9. The third-order valence-electron chi connectivity index (χ3n) is 2.87. The summed E-state index contributed by atoms with van der Waals surface area (Å²) in [6.45, 7) is 1.46. The predicted octanol–water partition coefficient (Wildman–Crippen LogP) is 4.56. The van der Waals surface area contributed by atoms with E-state index in [1.807, 2.05) is 42.5 Å². The van der Waals surface area contributed by atoms with Gasteiger partial charge in [0, 0.05) is 0 Å². The number of rotatable bonds is 2. The fourth-order valence-electron chi connectivity index (χ4n) is 2.16. The zero-order valence-electron chi connectivity index (χ0n) is 10.0. The average molecular weight is 264 g/mol. The molecule has 2 nitrogen and oxygen atoms in total. The molecule has 0 amide bonds. The number of benzene rings is 2. The van der Waals surface area contributed by atoms with E-state index in [4.69, 9.17) is 9.05 Å². The van der Waals surface area contributed by atoms with Crippen molar-refractivity contribution in [3.05, 3.63) is 60.2 Å². The van der Waals surface area contributed by atoms with Gasteiger partial charge in [-0.25, -0.2) is 0 Å². The first kappa shape index (κ1) is 11.5. The molecule has 4 heteroatoms. The van der Waals surface area contributed by atoms with Crippen LogP contribution in [-0.2, 0) is 6.16 Å². The Hall–Kier alpha value is -1.60. The van der Waals surface area contributed by atoms with Gasteiger partial charge in [0.1, 0.15) is 0 Å². The monoisotopic (exact) mass is 264 g/mol. The molecule has 2 aromatic carbocycles. The van der Waals surface area contributed by atoms with Crippen molar-refractivity contribution in [2.75, 3.05) is 6.66 Å². The van der Waals surface area contributed by atoms with E-state index in [0.717, 1.165) is 5.56 Å². The van der Waals surface area contributed by atoms with Crippen molar-refractivity contribution in [3.8, 4) is 11.5 Å². The number of halogens is 1. The Morgan fingerprint density at radius 2 is 1.39 bits per heavy atom. The fourth-order valence-corrected chi connectivity index (χ4v) is 4.62. The Kier molecular flexibility index (Phi) is 2.36. The van der Waals surface area contributed by atoms with E-state index >= 15 is 4.20 Å².